The fourth-order valence-corrected chi connectivity index (χ4v) is 3.11. The summed E-state index contributed by atoms with van der Waals surface area (Å²) in [6.07, 6.45) is 2.26. The summed E-state index contributed by atoms with van der Waals surface area (Å²) in [4.78, 5) is 43.1. The maximum Gasteiger partial charge on any atom is 0.251 e. The van der Waals surface area contributed by atoms with Gasteiger partial charge in [-0.2, -0.15) is 0 Å². The monoisotopic (exact) mass is 375 g/mol. The number of fused-ring (bicyclic) bond motifs is 1. The van der Waals surface area contributed by atoms with Crippen molar-refractivity contribution >= 4 is 23.5 Å². The van der Waals surface area contributed by atoms with Gasteiger partial charge < -0.3 is 16.0 Å². The van der Waals surface area contributed by atoms with Gasteiger partial charge in [-0.1, -0.05) is 19.9 Å². The Kier molecular flexibility index (Phi) is 6.90. The molecule has 1 unspecified atom stereocenters. The average Bonchev–Trinajstić information content (AvgIpc) is 3.01. The maximum atomic E-state index is 13.4. The summed E-state index contributed by atoms with van der Waals surface area (Å²) in [5.74, 6) is -0.0974. The van der Waals surface area contributed by atoms with E-state index >= 15 is 0 Å². The number of anilines is 1. The molecule has 148 valence electrons. The summed E-state index contributed by atoms with van der Waals surface area (Å²) in [6.45, 7) is 7.31. The Balaban J connectivity index is 2.29. The SMILES string of the molecule is CN[C@@H](C)C(=O)N[C@H](C(=O)N1c2ncccc2CC1CNC(C)=O)C(C)C. The fourth-order valence-electron chi connectivity index (χ4n) is 3.11. The molecule has 2 rings (SSSR count). The van der Waals surface area contributed by atoms with Crippen LogP contribution < -0.4 is 20.9 Å². The van der Waals surface area contributed by atoms with Crippen LogP contribution in [0.5, 0.6) is 0 Å². The second kappa shape index (κ2) is 8.94. The lowest BCUT2D eigenvalue weighted by molar-refractivity contribution is -0.129. The smallest absolute Gasteiger partial charge is 0.251 e. The van der Waals surface area contributed by atoms with Gasteiger partial charge in [-0.3, -0.25) is 19.3 Å². The number of hydrogen-bond donors (Lipinski definition) is 3. The van der Waals surface area contributed by atoms with Crippen molar-refractivity contribution < 1.29 is 14.4 Å². The Hall–Kier alpha value is -2.48. The van der Waals surface area contributed by atoms with E-state index in [1.807, 2.05) is 26.0 Å². The number of aromatic nitrogens is 1. The molecule has 27 heavy (non-hydrogen) atoms. The topological polar surface area (TPSA) is 103 Å². The molecule has 1 aliphatic heterocycles. The lowest BCUT2D eigenvalue weighted by Gasteiger charge is -2.31. The van der Waals surface area contributed by atoms with Gasteiger partial charge in [-0.25, -0.2) is 4.98 Å². The van der Waals surface area contributed by atoms with Crippen LogP contribution in [0, 0.1) is 5.92 Å². The minimum absolute atomic E-state index is 0.0975. The Morgan fingerprint density at radius 1 is 1.30 bits per heavy atom. The molecule has 2 heterocycles. The van der Waals surface area contributed by atoms with Crippen molar-refractivity contribution in [2.75, 3.05) is 18.5 Å². The number of carbonyl (C=O) groups is 3. The van der Waals surface area contributed by atoms with Crippen LogP contribution in [0.1, 0.15) is 33.3 Å². The van der Waals surface area contributed by atoms with Crippen molar-refractivity contribution in [2.45, 2.75) is 52.2 Å². The highest BCUT2D eigenvalue weighted by Gasteiger charge is 2.39. The Labute approximate surface area is 160 Å². The van der Waals surface area contributed by atoms with Gasteiger partial charge in [0.05, 0.1) is 12.1 Å². The molecule has 3 amide bonds. The number of amides is 3. The molecule has 0 bridgehead atoms. The highest BCUT2D eigenvalue weighted by atomic mass is 16.2. The van der Waals surface area contributed by atoms with Crippen molar-refractivity contribution in [3.05, 3.63) is 23.9 Å². The van der Waals surface area contributed by atoms with Gasteiger partial charge in [0.15, 0.2) is 0 Å². The normalized spacial score (nSPS) is 18.0. The van der Waals surface area contributed by atoms with Crippen LogP contribution >= 0.6 is 0 Å². The Bertz CT molecular complexity index is 706. The molecule has 1 aromatic heterocycles. The van der Waals surface area contributed by atoms with E-state index in [0.717, 1.165) is 5.56 Å². The molecule has 0 fully saturated rings. The minimum atomic E-state index is -0.680. The zero-order valence-electron chi connectivity index (χ0n) is 16.6. The lowest BCUT2D eigenvalue weighted by atomic mass is 10.0. The number of likely N-dealkylation sites (N-methyl/N-ethyl adjacent to an activating group) is 1. The van der Waals surface area contributed by atoms with Gasteiger partial charge in [0, 0.05) is 19.7 Å². The summed E-state index contributed by atoms with van der Waals surface area (Å²) in [5, 5.41) is 8.52. The molecule has 1 aromatic rings. The van der Waals surface area contributed by atoms with Gasteiger partial charge in [-0.15, -0.1) is 0 Å². The third kappa shape index (κ3) is 4.82. The van der Waals surface area contributed by atoms with Crippen molar-refractivity contribution in [3.8, 4) is 0 Å². The van der Waals surface area contributed by atoms with Gasteiger partial charge >= 0.3 is 0 Å². The number of nitrogens with one attached hydrogen (secondary N) is 3. The first kappa shape index (κ1) is 20.8. The predicted octanol–water partition coefficient (Wildman–Crippen LogP) is 0.224. The third-order valence-corrected chi connectivity index (χ3v) is 4.80. The van der Waals surface area contributed by atoms with Crippen LogP contribution in [-0.4, -0.2) is 54.4 Å². The molecule has 3 atom stereocenters. The van der Waals surface area contributed by atoms with E-state index in [-0.39, 0.29) is 29.7 Å². The molecule has 0 aromatic carbocycles. The lowest BCUT2D eigenvalue weighted by Crippen LogP contribution is -2.57. The van der Waals surface area contributed by atoms with Gasteiger partial charge in [0.2, 0.25) is 11.8 Å². The average molecular weight is 375 g/mol. The molecule has 0 radical (unpaired) electrons. The Morgan fingerprint density at radius 2 is 2.00 bits per heavy atom. The van der Waals surface area contributed by atoms with E-state index < -0.39 is 12.1 Å². The quantitative estimate of drug-likeness (QED) is 0.633. The van der Waals surface area contributed by atoms with Crippen LogP contribution in [0.3, 0.4) is 0 Å². The van der Waals surface area contributed by atoms with Crippen LogP contribution in [0.25, 0.3) is 0 Å². The molecular formula is C19H29N5O3. The van der Waals surface area contributed by atoms with E-state index in [1.165, 1.54) is 6.92 Å². The van der Waals surface area contributed by atoms with Crippen LogP contribution in [0.4, 0.5) is 5.82 Å². The van der Waals surface area contributed by atoms with Crippen LogP contribution in [-0.2, 0) is 20.8 Å². The van der Waals surface area contributed by atoms with Gasteiger partial charge in [0.25, 0.3) is 5.91 Å². The largest absolute Gasteiger partial charge is 0.354 e. The second-order valence-corrected chi connectivity index (χ2v) is 7.23. The minimum Gasteiger partial charge on any atom is -0.354 e. The first-order valence-electron chi connectivity index (χ1n) is 9.25. The van der Waals surface area contributed by atoms with Crippen molar-refractivity contribution in [2.24, 2.45) is 5.92 Å². The zero-order valence-corrected chi connectivity index (χ0v) is 16.6. The van der Waals surface area contributed by atoms with E-state index in [1.54, 1.807) is 25.1 Å². The fraction of sp³-hybridized carbons (Fsp3) is 0.579. The molecule has 0 aliphatic carbocycles. The summed E-state index contributed by atoms with van der Waals surface area (Å²) in [5.41, 5.74) is 0.957. The predicted molar refractivity (Wildman–Crippen MR) is 103 cm³/mol. The number of carbonyl (C=O) groups excluding carboxylic acids is 3. The first-order chi connectivity index (χ1) is 12.8. The van der Waals surface area contributed by atoms with Crippen LogP contribution in [0.2, 0.25) is 0 Å². The summed E-state index contributed by atoms with van der Waals surface area (Å²) in [6, 6.07) is 2.45. The zero-order chi connectivity index (χ0) is 20.1. The molecule has 1 aliphatic rings. The number of pyridine rings is 1. The summed E-state index contributed by atoms with van der Waals surface area (Å²) >= 11 is 0. The number of nitrogens with zero attached hydrogens (tertiary/aromatic N) is 2. The Morgan fingerprint density at radius 3 is 2.59 bits per heavy atom. The standard InChI is InChI=1S/C19H29N5O3/c1-11(2)16(23-18(26)12(3)20-5)19(27)24-15(10-22-13(4)25)9-14-7-6-8-21-17(14)24/h6-8,11-12,15-16,20H,9-10H2,1-5H3,(H,22,25)(H,23,26)/t12-,15?,16-/m0/s1. The van der Waals surface area contributed by atoms with Crippen molar-refractivity contribution in [3.63, 3.8) is 0 Å². The molecule has 3 N–H and O–H groups in total. The molecular weight excluding hydrogens is 346 g/mol. The molecule has 0 saturated heterocycles. The summed E-state index contributed by atoms with van der Waals surface area (Å²) in [7, 11) is 1.69. The van der Waals surface area contributed by atoms with E-state index in [2.05, 4.69) is 20.9 Å². The molecule has 8 heteroatoms. The van der Waals surface area contributed by atoms with E-state index in [0.29, 0.717) is 18.8 Å². The van der Waals surface area contributed by atoms with Crippen molar-refractivity contribution in [1.29, 1.82) is 0 Å². The van der Waals surface area contributed by atoms with E-state index in [4.69, 9.17) is 0 Å². The maximum absolute atomic E-state index is 13.4. The third-order valence-electron chi connectivity index (χ3n) is 4.80. The van der Waals surface area contributed by atoms with Gasteiger partial charge in [0.1, 0.15) is 11.9 Å². The number of hydrogen-bond acceptors (Lipinski definition) is 5. The molecule has 0 spiro atoms. The highest BCUT2D eigenvalue weighted by molar-refractivity contribution is 6.01. The molecule has 0 saturated carbocycles. The van der Waals surface area contributed by atoms with Crippen molar-refractivity contribution in [1.82, 2.24) is 20.9 Å². The van der Waals surface area contributed by atoms with Gasteiger partial charge in [-0.05, 0) is 37.9 Å². The molecule has 8 nitrogen and oxygen atoms in total. The van der Waals surface area contributed by atoms with Crippen LogP contribution in [0.15, 0.2) is 18.3 Å². The number of rotatable bonds is 7. The second-order valence-electron chi connectivity index (χ2n) is 7.23. The highest BCUT2D eigenvalue weighted by Crippen LogP contribution is 2.31. The first-order valence-corrected chi connectivity index (χ1v) is 9.25. The summed E-state index contributed by atoms with van der Waals surface area (Å²) < 4.78 is 0. The van der Waals surface area contributed by atoms with E-state index in [9.17, 15) is 14.4 Å².